The number of carbonyl (C=O) groups excluding carboxylic acids is 5. The van der Waals surface area contributed by atoms with Gasteiger partial charge in [0.15, 0.2) is 0 Å². The largest absolute Gasteiger partial charge is 0.508 e. The number of aryl methyl sites for hydroxylation is 2. The van der Waals surface area contributed by atoms with Crippen LogP contribution in [0.3, 0.4) is 0 Å². The second kappa shape index (κ2) is 20.2. The Balaban J connectivity index is 1.13. The number of nitrogens with one attached hydrogen (secondary N) is 3. The van der Waals surface area contributed by atoms with E-state index in [1.54, 1.807) is 19.2 Å². The molecule has 2 fully saturated rings. The van der Waals surface area contributed by atoms with Crippen LogP contribution in [0.25, 0.3) is 33.3 Å². The van der Waals surface area contributed by atoms with Crippen LogP contribution in [0, 0.1) is 11.3 Å². The summed E-state index contributed by atoms with van der Waals surface area (Å²) in [4.78, 5) is 77.8. The van der Waals surface area contributed by atoms with Gasteiger partial charge in [-0.15, -0.1) is 0 Å². The highest BCUT2D eigenvalue weighted by molar-refractivity contribution is 5.96. The summed E-state index contributed by atoms with van der Waals surface area (Å²) in [5.74, 6) is -2.60. The maximum absolute atomic E-state index is 14.8. The number of hydrazine groups is 1. The predicted molar refractivity (Wildman–Crippen MR) is 264 cm³/mol. The number of cyclic esters (lactones) is 1. The number of pyridine rings is 1. The molecule has 5 aromatic rings. The van der Waals surface area contributed by atoms with Crippen LogP contribution in [0.1, 0.15) is 82.7 Å². The molecule has 364 valence electrons. The van der Waals surface area contributed by atoms with Gasteiger partial charge in [-0.2, -0.15) is 0 Å². The minimum Gasteiger partial charge on any atom is -0.508 e. The zero-order valence-corrected chi connectivity index (χ0v) is 41.0. The second-order valence-corrected chi connectivity index (χ2v) is 20.0. The van der Waals surface area contributed by atoms with E-state index in [-0.39, 0.29) is 49.7 Å². The van der Waals surface area contributed by atoms with Crippen LogP contribution in [-0.2, 0) is 54.5 Å². The number of phenols is 1. The maximum Gasteiger partial charge on any atom is 0.324 e. The lowest BCUT2D eigenvalue weighted by atomic mass is 9.84. The molecule has 2 aromatic heterocycles. The first-order valence-corrected chi connectivity index (χ1v) is 24.3. The topological polar surface area (TPSA) is 188 Å². The molecular weight excluding hydrogens is 873 g/mol. The summed E-state index contributed by atoms with van der Waals surface area (Å²) < 4.78 is 8.43. The Hall–Kier alpha value is -6.58. The number of hydrogen-bond acceptors (Lipinski definition) is 10. The average molecular weight is 939 g/mol. The van der Waals surface area contributed by atoms with Crippen LogP contribution in [0.5, 0.6) is 5.75 Å². The fourth-order valence-corrected chi connectivity index (χ4v) is 10.2. The van der Waals surface area contributed by atoms with Gasteiger partial charge in [-0.25, -0.2) is 5.43 Å². The van der Waals surface area contributed by atoms with E-state index < -0.39 is 53.3 Å². The smallest absolute Gasteiger partial charge is 0.324 e. The minimum absolute atomic E-state index is 0.00917. The van der Waals surface area contributed by atoms with Gasteiger partial charge in [-0.05, 0) is 102 Å². The predicted octanol–water partition coefficient (Wildman–Crippen LogP) is 5.96. The molecule has 15 nitrogen and oxygen atoms in total. The van der Waals surface area contributed by atoms with E-state index in [9.17, 15) is 29.1 Å². The lowest BCUT2D eigenvalue weighted by molar-refractivity contribution is -0.155. The molecule has 0 radical (unpaired) electrons. The molecule has 3 aromatic carbocycles. The molecule has 5 atom stereocenters. The number of esters is 1. The summed E-state index contributed by atoms with van der Waals surface area (Å²) in [7, 11) is 3.10. The van der Waals surface area contributed by atoms with E-state index in [1.165, 1.54) is 27.4 Å². The first-order chi connectivity index (χ1) is 33.0. The number of likely N-dealkylation sites (N-methyl/N-ethyl adjacent to an activating group) is 2. The van der Waals surface area contributed by atoms with Crippen LogP contribution >= 0.6 is 0 Å². The molecule has 3 aliphatic rings. The highest BCUT2D eigenvalue weighted by Crippen LogP contribution is 2.41. The number of fused-ring (bicyclic) bond motifs is 6. The Morgan fingerprint density at radius 3 is 2.49 bits per heavy atom. The Morgan fingerprint density at radius 1 is 1.00 bits per heavy atom. The first kappa shape index (κ1) is 48.9. The van der Waals surface area contributed by atoms with Crippen molar-refractivity contribution in [3.05, 3.63) is 107 Å². The number of phenolic OH excluding ortho intramolecular Hbond substituents is 1. The van der Waals surface area contributed by atoms with E-state index in [4.69, 9.17) is 4.74 Å². The van der Waals surface area contributed by atoms with Crippen molar-refractivity contribution >= 4 is 40.5 Å². The van der Waals surface area contributed by atoms with Crippen LogP contribution in [0.2, 0.25) is 0 Å². The lowest BCUT2D eigenvalue weighted by Gasteiger charge is -2.37. The normalized spacial score (nSPS) is 20.7. The van der Waals surface area contributed by atoms with Gasteiger partial charge in [0.2, 0.25) is 17.7 Å². The summed E-state index contributed by atoms with van der Waals surface area (Å²) in [5, 5.41) is 19.9. The van der Waals surface area contributed by atoms with Gasteiger partial charge in [0.1, 0.15) is 29.9 Å². The average Bonchev–Trinajstić information content (AvgIpc) is 4.09. The molecule has 5 heterocycles. The standard InChI is InChI=1S/C54H66N8O7/c1-9-34-20-21-55-29-41(34)49-40-28-54(5,6)31-69-53(68)42-17-14-22-62(58-42)51(66)43(25-33-23-37(26-38(63)24-33)36-18-19-44(39(40)27-36)61(49)10-2)56-50(65)48(32(3)4)60(8)45(64)30-59(7)52(67)47-46(57-47)35-15-12-11-13-16-35/h11-13,15-16,18-21,23-24,26-27,29,32,42-43,46-48,57-58,63H,9-10,14,17,22,25,28,30-31H2,1-8H3,(H,56,65)/t42-,43-,46+,47+,48-/m0/s1. The molecule has 3 aliphatic heterocycles. The summed E-state index contributed by atoms with van der Waals surface area (Å²) in [6.07, 6.45) is 6.08. The number of nitrogens with zero attached hydrogens (tertiary/aromatic N) is 5. The number of aromatic nitrogens is 2. The lowest BCUT2D eigenvalue weighted by Crippen LogP contribution is -2.62. The van der Waals surface area contributed by atoms with Gasteiger partial charge in [0, 0.05) is 67.9 Å². The number of rotatable bonds is 11. The van der Waals surface area contributed by atoms with Crippen molar-refractivity contribution in [2.45, 2.75) is 110 Å². The first-order valence-electron chi connectivity index (χ1n) is 24.3. The Kier molecular flexibility index (Phi) is 14.3. The summed E-state index contributed by atoms with van der Waals surface area (Å²) >= 11 is 0. The molecule has 69 heavy (non-hydrogen) atoms. The fraction of sp³-hybridized carbons (Fsp3) is 0.444. The number of aromatic hydroxyl groups is 1. The van der Waals surface area contributed by atoms with Gasteiger partial charge in [-0.3, -0.25) is 39.3 Å². The van der Waals surface area contributed by atoms with E-state index >= 15 is 0 Å². The van der Waals surface area contributed by atoms with Gasteiger partial charge < -0.3 is 29.5 Å². The maximum atomic E-state index is 14.8. The van der Waals surface area contributed by atoms with Crippen molar-refractivity contribution in [2.75, 3.05) is 33.8 Å². The molecular formula is C54H66N8O7. The molecule has 6 bridgehead atoms. The number of carbonyl (C=O) groups is 5. The summed E-state index contributed by atoms with van der Waals surface area (Å²) in [6, 6.07) is 19.6. The van der Waals surface area contributed by atoms with Crippen molar-refractivity contribution < 1.29 is 33.8 Å². The van der Waals surface area contributed by atoms with Crippen LogP contribution in [0.15, 0.2) is 85.2 Å². The van der Waals surface area contributed by atoms with E-state index in [0.29, 0.717) is 31.4 Å². The van der Waals surface area contributed by atoms with Gasteiger partial charge in [0.25, 0.3) is 5.91 Å². The van der Waals surface area contributed by atoms with E-state index in [2.05, 4.69) is 71.5 Å². The van der Waals surface area contributed by atoms with Crippen molar-refractivity contribution in [1.29, 1.82) is 0 Å². The summed E-state index contributed by atoms with van der Waals surface area (Å²) in [6.45, 7) is 12.9. The van der Waals surface area contributed by atoms with Crippen molar-refractivity contribution in [3.8, 4) is 28.1 Å². The van der Waals surface area contributed by atoms with Crippen molar-refractivity contribution in [1.82, 2.24) is 40.4 Å². The zero-order valence-electron chi connectivity index (χ0n) is 41.0. The SMILES string of the molecule is CCc1ccncc1-c1c2c3cc(ccc3n1CC)-c1cc(O)cc(c1)C[C@H](NC(=O)[C@H](C(C)C)N(C)C(=O)CN(C)C(=O)[C@@H]1N[C@@H]1c1ccccc1)C(=O)N1CCC[C@H](N1)C(=O)OCC(C)(C)C2. The number of amides is 4. The minimum atomic E-state index is -1.18. The molecule has 4 N–H and O–H groups in total. The highest BCUT2D eigenvalue weighted by atomic mass is 16.5. The zero-order chi connectivity index (χ0) is 49.3. The number of benzene rings is 3. The molecule has 0 unspecified atom stereocenters. The molecule has 0 saturated carbocycles. The monoisotopic (exact) mass is 939 g/mol. The van der Waals surface area contributed by atoms with Gasteiger partial charge in [-0.1, -0.05) is 77.1 Å². The summed E-state index contributed by atoms with van der Waals surface area (Å²) in [5.41, 5.74) is 11.2. The van der Waals surface area contributed by atoms with Crippen LogP contribution in [-0.4, -0.2) is 117 Å². The molecule has 15 heteroatoms. The third-order valence-electron chi connectivity index (χ3n) is 13.9. The number of ether oxygens (including phenoxy) is 1. The Bertz CT molecular complexity index is 2750. The quantitative estimate of drug-likeness (QED) is 0.0909. The Morgan fingerprint density at radius 2 is 1.77 bits per heavy atom. The third kappa shape index (κ3) is 10.4. The van der Waals surface area contributed by atoms with Crippen LogP contribution in [0.4, 0.5) is 0 Å². The van der Waals surface area contributed by atoms with Crippen LogP contribution < -0.4 is 16.1 Å². The van der Waals surface area contributed by atoms with Crippen molar-refractivity contribution in [3.63, 3.8) is 0 Å². The molecule has 8 rings (SSSR count). The van der Waals surface area contributed by atoms with E-state index in [1.807, 2.05) is 68.7 Å². The highest BCUT2D eigenvalue weighted by Gasteiger charge is 2.45. The fourth-order valence-electron chi connectivity index (χ4n) is 10.2. The number of hydrogen-bond donors (Lipinski definition) is 4. The molecule has 4 amide bonds. The Labute approximate surface area is 404 Å². The van der Waals surface area contributed by atoms with Gasteiger partial charge in [0.05, 0.1) is 24.9 Å². The van der Waals surface area contributed by atoms with Crippen molar-refractivity contribution in [2.24, 2.45) is 11.3 Å². The van der Waals surface area contributed by atoms with E-state index in [0.717, 1.165) is 50.8 Å². The molecule has 0 aliphatic carbocycles. The second-order valence-electron chi connectivity index (χ2n) is 20.0. The molecule has 0 spiro atoms. The molecule has 2 saturated heterocycles. The third-order valence-corrected chi connectivity index (χ3v) is 13.9. The van der Waals surface area contributed by atoms with Gasteiger partial charge >= 0.3 is 5.97 Å².